The highest BCUT2D eigenvalue weighted by Gasteiger charge is 2.56. The predicted octanol–water partition coefficient (Wildman–Crippen LogP) is -0.0118. The van der Waals surface area contributed by atoms with Gasteiger partial charge in [0, 0.05) is 25.9 Å². The molecule has 0 aliphatic carbocycles. The lowest BCUT2D eigenvalue weighted by Crippen LogP contribution is -2.61. The summed E-state index contributed by atoms with van der Waals surface area (Å²) in [5.74, 6) is -6.40. The van der Waals surface area contributed by atoms with Crippen molar-refractivity contribution in [3.63, 3.8) is 0 Å². The van der Waals surface area contributed by atoms with Gasteiger partial charge in [-0.25, -0.2) is 9.29 Å². The minimum absolute atomic E-state index is 0.0965. The number of carbonyl (C=O) groups excluding carboxylic acids is 4. The molecule has 1 aromatic rings. The fraction of sp³-hybridized carbons (Fsp3) is 0.333. The number of hydrogen-bond acceptors (Lipinski definition) is 5. The van der Waals surface area contributed by atoms with E-state index in [0.717, 1.165) is 11.1 Å². The minimum atomic E-state index is -2.83. The number of fused-ring (bicyclic) bond motifs is 2. The molecule has 4 amide bonds. The zero-order chi connectivity index (χ0) is 16.4. The van der Waals surface area contributed by atoms with E-state index in [1.807, 2.05) is 5.32 Å². The summed E-state index contributed by atoms with van der Waals surface area (Å²) in [5, 5.41) is 4.95. The molecular formula is C15H12FN3O4. The smallest absolute Gasteiger partial charge is 0.285 e. The average molecular weight is 317 g/mol. The van der Waals surface area contributed by atoms with Crippen molar-refractivity contribution < 1.29 is 23.6 Å². The SMILES string of the molecule is O=C1CCC(F)(N2C(=O)c3cc4c(cc3C2=O)CNC4)C(=O)N1. The zero-order valence-corrected chi connectivity index (χ0v) is 11.9. The number of amides is 4. The van der Waals surface area contributed by atoms with Crippen molar-refractivity contribution in [3.05, 3.63) is 34.4 Å². The first-order valence-electron chi connectivity index (χ1n) is 7.20. The summed E-state index contributed by atoms with van der Waals surface area (Å²) in [6, 6.07) is 3.14. The van der Waals surface area contributed by atoms with Gasteiger partial charge >= 0.3 is 0 Å². The van der Waals surface area contributed by atoms with Crippen LogP contribution in [-0.4, -0.2) is 34.3 Å². The third-order valence-electron chi connectivity index (χ3n) is 4.48. The van der Waals surface area contributed by atoms with Gasteiger partial charge in [0.25, 0.3) is 23.5 Å². The van der Waals surface area contributed by atoms with E-state index < -0.39 is 35.8 Å². The van der Waals surface area contributed by atoms with Crippen LogP contribution in [0.4, 0.5) is 4.39 Å². The van der Waals surface area contributed by atoms with Gasteiger partial charge in [-0.3, -0.25) is 24.5 Å². The van der Waals surface area contributed by atoms with Crippen molar-refractivity contribution >= 4 is 23.6 Å². The molecule has 1 unspecified atom stereocenters. The van der Waals surface area contributed by atoms with Crippen LogP contribution in [0.3, 0.4) is 0 Å². The second-order valence-corrected chi connectivity index (χ2v) is 5.85. The van der Waals surface area contributed by atoms with E-state index in [-0.39, 0.29) is 17.5 Å². The molecule has 4 rings (SSSR count). The molecule has 1 atom stereocenters. The van der Waals surface area contributed by atoms with Crippen LogP contribution < -0.4 is 10.6 Å². The first-order valence-corrected chi connectivity index (χ1v) is 7.20. The summed E-state index contributed by atoms with van der Waals surface area (Å²) in [7, 11) is 0. The van der Waals surface area contributed by atoms with Gasteiger partial charge in [-0.15, -0.1) is 0 Å². The highest BCUT2D eigenvalue weighted by atomic mass is 19.1. The van der Waals surface area contributed by atoms with Gasteiger partial charge in [0.15, 0.2) is 0 Å². The average Bonchev–Trinajstić information content (AvgIpc) is 3.06. The van der Waals surface area contributed by atoms with Crippen LogP contribution >= 0.6 is 0 Å². The highest BCUT2D eigenvalue weighted by Crippen LogP contribution is 2.36. The van der Waals surface area contributed by atoms with E-state index in [1.165, 1.54) is 0 Å². The molecule has 1 fully saturated rings. The van der Waals surface area contributed by atoms with Gasteiger partial charge in [0.05, 0.1) is 11.1 Å². The number of nitrogens with zero attached hydrogens (tertiary/aromatic N) is 1. The molecule has 1 saturated heterocycles. The summed E-state index contributed by atoms with van der Waals surface area (Å²) in [6.07, 6.45) is -0.791. The van der Waals surface area contributed by atoms with Gasteiger partial charge in [0.1, 0.15) is 0 Å². The van der Waals surface area contributed by atoms with Gasteiger partial charge in [-0.1, -0.05) is 0 Å². The summed E-state index contributed by atoms with van der Waals surface area (Å²) in [6.45, 7) is 1.14. The Morgan fingerprint density at radius 1 is 1.00 bits per heavy atom. The molecule has 3 heterocycles. The molecule has 0 bridgehead atoms. The molecule has 1 aromatic carbocycles. The summed E-state index contributed by atoms with van der Waals surface area (Å²) >= 11 is 0. The topological polar surface area (TPSA) is 95.6 Å². The molecule has 0 spiro atoms. The van der Waals surface area contributed by atoms with Gasteiger partial charge in [0.2, 0.25) is 5.91 Å². The lowest BCUT2D eigenvalue weighted by Gasteiger charge is -2.33. The van der Waals surface area contributed by atoms with Crippen LogP contribution in [0, 0.1) is 0 Å². The van der Waals surface area contributed by atoms with Gasteiger partial charge < -0.3 is 5.32 Å². The number of nitrogens with one attached hydrogen (secondary N) is 2. The maximum absolute atomic E-state index is 15.1. The van der Waals surface area contributed by atoms with Crippen LogP contribution in [0.5, 0.6) is 0 Å². The minimum Gasteiger partial charge on any atom is -0.309 e. The molecule has 0 aromatic heterocycles. The third-order valence-corrected chi connectivity index (χ3v) is 4.48. The van der Waals surface area contributed by atoms with Crippen LogP contribution in [0.1, 0.15) is 44.7 Å². The Hall–Kier alpha value is -2.61. The Morgan fingerprint density at radius 2 is 1.57 bits per heavy atom. The second kappa shape index (κ2) is 4.45. The first kappa shape index (κ1) is 14.0. The summed E-state index contributed by atoms with van der Waals surface area (Å²) in [5.41, 5.74) is 1.95. The summed E-state index contributed by atoms with van der Waals surface area (Å²) in [4.78, 5) is 48.5. The first-order chi connectivity index (χ1) is 10.9. The van der Waals surface area contributed by atoms with Crippen molar-refractivity contribution in [2.75, 3.05) is 0 Å². The van der Waals surface area contributed by atoms with E-state index >= 15 is 4.39 Å². The molecule has 3 aliphatic rings. The van der Waals surface area contributed by atoms with Crippen LogP contribution in [0.25, 0.3) is 0 Å². The monoisotopic (exact) mass is 317 g/mol. The van der Waals surface area contributed by atoms with Crippen molar-refractivity contribution in [1.29, 1.82) is 0 Å². The maximum Gasteiger partial charge on any atom is 0.285 e. The summed E-state index contributed by atoms with van der Waals surface area (Å²) < 4.78 is 15.1. The molecule has 118 valence electrons. The Kier molecular flexibility index (Phi) is 2.71. The zero-order valence-electron chi connectivity index (χ0n) is 11.9. The Labute approximate surface area is 129 Å². The number of benzene rings is 1. The Balaban J connectivity index is 1.78. The highest BCUT2D eigenvalue weighted by molar-refractivity contribution is 6.24. The molecule has 0 radical (unpaired) electrons. The Morgan fingerprint density at radius 3 is 2.09 bits per heavy atom. The Bertz CT molecular complexity index is 763. The normalized spacial score (nSPS) is 26.4. The predicted molar refractivity (Wildman–Crippen MR) is 73.7 cm³/mol. The van der Waals surface area contributed by atoms with Crippen molar-refractivity contribution in [2.24, 2.45) is 0 Å². The van der Waals surface area contributed by atoms with E-state index in [1.54, 1.807) is 12.1 Å². The van der Waals surface area contributed by atoms with E-state index in [9.17, 15) is 19.2 Å². The van der Waals surface area contributed by atoms with Crippen LogP contribution in [0.2, 0.25) is 0 Å². The van der Waals surface area contributed by atoms with Crippen molar-refractivity contribution in [2.45, 2.75) is 31.7 Å². The fourth-order valence-corrected chi connectivity index (χ4v) is 3.25. The quantitative estimate of drug-likeness (QED) is 0.561. The third kappa shape index (κ3) is 1.78. The standard InChI is InChI=1S/C15H12FN3O4/c16-15(2-1-11(20)18-14(15)23)19-12(21)9-3-7-5-17-6-8(7)4-10(9)13(19)22/h3-4,17H,1-2,5-6H2,(H,18,20,23). The van der Waals surface area contributed by atoms with Crippen LogP contribution in [0.15, 0.2) is 12.1 Å². The number of alkyl halides is 1. The van der Waals surface area contributed by atoms with Gasteiger partial charge in [-0.05, 0) is 23.3 Å². The van der Waals surface area contributed by atoms with Crippen LogP contribution in [-0.2, 0) is 22.7 Å². The lowest BCUT2D eigenvalue weighted by molar-refractivity contribution is -0.151. The maximum atomic E-state index is 15.1. The van der Waals surface area contributed by atoms with E-state index in [2.05, 4.69) is 5.32 Å². The van der Waals surface area contributed by atoms with E-state index in [0.29, 0.717) is 18.0 Å². The molecule has 3 aliphatic heterocycles. The molecule has 2 N–H and O–H groups in total. The van der Waals surface area contributed by atoms with Gasteiger partial charge in [-0.2, -0.15) is 0 Å². The molecule has 8 heteroatoms. The van der Waals surface area contributed by atoms with E-state index in [4.69, 9.17) is 0 Å². The number of halogens is 1. The molecule has 7 nitrogen and oxygen atoms in total. The second-order valence-electron chi connectivity index (χ2n) is 5.85. The number of carbonyl (C=O) groups is 4. The largest absolute Gasteiger partial charge is 0.309 e. The lowest BCUT2D eigenvalue weighted by atomic mass is 10.0. The molecule has 0 saturated carbocycles. The molecule has 23 heavy (non-hydrogen) atoms. The number of hydrogen-bond donors (Lipinski definition) is 2. The number of rotatable bonds is 1. The van der Waals surface area contributed by atoms with Crippen molar-refractivity contribution in [3.8, 4) is 0 Å². The molecular weight excluding hydrogens is 305 g/mol. The number of piperidine rings is 1. The van der Waals surface area contributed by atoms with Crippen molar-refractivity contribution in [1.82, 2.24) is 15.5 Å². The fourth-order valence-electron chi connectivity index (χ4n) is 3.25. The number of imide groups is 2.